The Labute approximate surface area is 333 Å². The van der Waals surface area contributed by atoms with E-state index in [1.54, 1.807) is 0 Å². The fourth-order valence-corrected chi connectivity index (χ4v) is 10.1. The number of rotatable bonds is 11. The van der Waals surface area contributed by atoms with Crippen LogP contribution in [0.25, 0.3) is 97.3 Å². The first kappa shape index (κ1) is 34.5. The molecule has 2 aromatic heterocycles. The van der Waals surface area contributed by atoms with Crippen molar-refractivity contribution in [3.8, 4) is 44.5 Å². The van der Waals surface area contributed by atoms with Gasteiger partial charge >= 0.3 is 0 Å². The molecule has 0 N–H and O–H groups in total. The molecule has 0 aliphatic heterocycles. The van der Waals surface area contributed by atoms with Gasteiger partial charge in [-0.15, -0.1) is 11.3 Å². The van der Waals surface area contributed by atoms with Gasteiger partial charge in [-0.2, -0.15) is 0 Å². The number of unbranched alkanes of at least 4 members (excludes halogenated alkanes) is 5. The van der Waals surface area contributed by atoms with Crippen LogP contribution < -0.4 is 0 Å². The van der Waals surface area contributed by atoms with Crippen LogP contribution in [0, 0.1) is 0 Å². The molecule has 2 heterocycles. The SMILES string of the molecule is CCCCCCCCn1c2cc(-c3ccc(-c4ccccc4)cc3)ccc2c2ccc3c(ccc4c5ccc(-c6ccc(-c7ccccc7)cc6)cc5sc43)c21. The molecule has 0 radical (unpaired) electrons. The highest BCUT2D eigenvalue weighted by atomic mass is 32.1. The third-order valence-electron chi connectivity index (χ3n) is 11.8. The van der Waals surface area contributed by atoms with Crippen LogP contribution in [0.3, 0.4) is 0 Å². The average molecular weight is 740 g/mol. The van der Waals surface area contributed by atoms with Crippen molar-refractivity contribution in [3.05, 3.63) is 170 Å². The number of nitrogens with zero attached hydrogens (tertiary/aromatic N) is 1. The second kappa shape index (κ2) is 14.9. The van der Waals surface area contributed by atoms with Crippen LogP contribution >= 0.6 is 11.3 Å². The van der Waals surface area contributed by atoms with E-state index >= 15 is 0 Å². The minimum absolute atomic E-state index is 1.03. The van der Waals surface area contributed by atoms with E-state index in [2.05, 4.69) is 181 Å². The predicted octanol–water partition coefficient (Wildman–Crippen LogP) is 16.3. The maximum atomic E-state index is 2.66. The zero-order chi connectivity index (χ0) is 37.4. The van der Waals surface area contributed by atoms with Crippen LogP contribution in [0.4, 0.5) is 0 Å². The summed E-state index contributed by atoms with van der Waals surface area (Å²) in [4.78, 5) is 0. The third-order valence-corrected chi connectivity index (χ3v) is 13.0. The molecule has 0 atom stereocenters. The van der Waals surface area contributed by atoms with Crippen molar-refractivity contribution in [3.63, 3.8) is 0 Å². The van der Waals surface area contributed by atoms with E-state index in [1.807, 2.05) is 11.3 Å². The van der Waals surface area contributed by atoms with Gasteiger partial charge in [-0.05, 0) is 63.1 Å². The van der Waals surface area contributed by atoms with Crippen molar-refractivity contribution < 1.29 is 0 Å². The molecule has 0 fully saturated rings. The molecule has 10 aromatic rings. The summed E-state index contributed by atoms with van der Waals surface area (Å²) in [5, 5.41) is 8.10. The monoisotopic (exact) mass is 739 g/mol. The van der Waals surface area contributed by atoms with Crippen molar-refractivity contribution in [1.29, 1.82) is 0 Å². The zero-order valence-corrected chi connectivity index (χ0v) is 32.8. The molecule has 0 bridgehead atoms. The molecule has 2 heteroatoms. The Kier molecular flexibility index (Phi) is 9.21. The lowest BCUT2D eigenvalue weighted by Crippen LogP contribution is -1.98. The van der Waals surface area contributed by atoms with Gasteiger partial charge < -0.3 is 4.57 Å². The van der Waals surface area contributed by atoms with Gasteiger partial charge in [-0.25, -0.2) is 0 Å². The molecule has 0 spiro atoms. The quantitative estimate of drug-likeness (QED) is 0.116. The molecule has 1 nitrogen and oxygen atoms in total. The molecule has 0 amide bonds. The number of benzene rings is 8. The Morgan fingerprint density at radius 3 is 1.41 bits per heavy atom. The van der Waals surface area contributed by atoms with Crippen LogP contribution in [0.2, 0.25) is 0 Å². The summed E-state index contributed by atoms with van der Waals surface area (Å²) in [5.41, 5.74) is 12.8. The summed E-state index contributed by atoms with van der Waals surface area (Å²) in [6, 6.07) is 63.1. The number of hydrogen-bond acceptors (Lipinski definition) is 1. The molecule has 0 aliphatic rings. The zero-order valence-electron chi connectivity index (χ0n) is 32.0. The van der Waals surface area contributed by atoms with Crippen LogP contribution in [-0.2, 0) is 6.54 Å². The van der Waals surface area contributed by atoms with Crippen LogP contribution in [0.1, 0.15) is 45.4 Å². The van der Waals surface area contributed by atoms with Crippen LogP contribution in [-0.4, -0.2) is 4.57 Å². The van der Waals surface area contributed by atoms with E-state index in [0.717, 1.165) is 6.54 Å². The molecule has 8 aromatic carbocycles. The highest BCUT2D eigenvalue weighted by Crippen LogP contribution is 2.44. The molecule has 0 aliphatic carbocycles. The molecule has 0 saturated heterocycles. The maximum absolute atomic E-state index is 2.66. The van der Waals surface area contributed by atoms with Crippen molar-refractivity contribution in [2.45, 2.75) is 52.0 Å². The van der Waals surface area contributed by atoms with E-state index in [0.29, 0.717) is 0 Å². The predicted molar refractivity (Wildman–Crippen MR) is 245 cm³/mol. The summed E-state index contributed by atoms with van der Waals surface area (Å²) in [5.74, 6) is 0. The summed E-state index contributed by atoms with van der Waals surface area (Å²) >= 11 is 1.94. The van der Waals surface area contributed by atoms with E-state index in [1.165, 1.54) is 136 Å². The Balaban J connectivity index is 1.06. The highest BCUT2D eigenvalue weighted by molar-refractivity contribution is 7.26. The first-order valence-electron chi connectivity index (χ1n) is 20.4. The first-order chi connectivity index (χ1) is 27.7. The van der Waals surface area contributed by atoms with Gasteiger partial charge in [0.05, 0.1) is 5.52 Å². The minimum atomic E-state index is 1.03. The van der Waals surface area contributed by atoms with Crippen molar-refractivity contribution in [2.75, 3.05) is 0 Å². The smallest absolute Gasteiger partial charge is 0.0571 e. The Hall–Kier alpha value is -5.96. The van der Waals surface area contributed by atoms with Gasteiger partial charge in [0.2, 0.25) is 0 Å². The maximum Gasteiger partial charge on any atom is 0.0571 e. The molecule has 10 rings (SSSR count). The second-order valence-electron chi connectivity index (χ2n) is 15.4. The van der Waals surface area contributed by atoms with Crippen LogP contribution in [0.15, 0.2) is 170 Å². The highest BCUT2D eigenvalue weighted by Gasteiger charge is 2.18. The van der Waals surface area contributed by atoms with Crippen molar-refractivity contribution in [1.82, 2.24) is 4.57 Å². The van der Waals surface area contributed by atoms with Gasteiger partial charge in [0.15, 0.2) is 0 Å². The van der Waals surface area contributed by atoms with Crippen LogP contribution in [0.5, 0.6) is 0 Å². The standard InChI is InChI=1S/C54H45NS/c1-2-3-4-5-6-13-34-55-51-35-43(41-22-18-39(19-23-41)37-14-9-7-10-15-37)26-28-45(51)47-30-33-50-48(53(47)55)31-32-49-46-29-27-44(36-52(46)56-54(49)50)42-24-20-40(21-25-42)38-16-11-8-12-17-38/h7-12,14-33,35-36H,2-6,13,34H2,1H3. The van der Waals surface area contributed by atoms with Gasteiger partial charge in [0.25, 0.3) is 0 Å². The van der Waals surface area contributed by atoms with E-state index < -0.39 is 0 Å². The molecule has 272 valence electrons. The number of hydrogen-bond donors (Lipinski definition) is 0. The fraction of sp³-hybridized carbons (Fsp3) is 0.148. The Morgan fingerprint density at radius 2 is 0.804 bits per heavy atom. The van der Waals surface area contributed by atoms with Gasteiger partial charge in [0, 0.05) is 53.8 Å². The Bertz CT molecular complexity index is 2970. The lowest BCUT2D eigenvalue weighted by Gasteiger charge is -2.11. The number of thiophene rings is 1. The van der Waals surface area contributed by atoms with Gasteiger partial charge in [-0.3, -0.25) is 0 Å². The van der Waals surface area contributed by atoms with E-state index in [9.17, 15) is 0 Å². The second-order valence-corrected chi connectivity index (χ2v) is 16.4. The largest absolute Gasteiger partial charge is 0.340 e. The third kappa shape index (κ3) is 6.29. The molecular formula is C54H45NS. The number of aryl methyl sites for hydroxylation is 1. The summed E-state index contributed by atoms with van der Waals surface area (Å²) in [6.07, 6.45) is 7.72. The normalized spacial score (nSPS) is 11.8. The summed E-state index contributed by atoms with van der Waals surface area (Å²) in [7, 11) is 0. The fourth-order valence-electron chi connectivity index (χ4n) is 8.85. The van der Waals surface area contributed by atoms with Gasteiger partial charge in [0.1, 0.15) is 0 Å². The summed E-state index contributed by atoms with van der Waals surface area (Å²) < 4.78 is 5.38. The van der Waals surface area contributed by atoms with E-state index in [-0.39, 0.29) is 0 Å². The molecular weight excluding hydrogens is 695 g/mol. The average Bonchev–Trinajstić information content (AvgIpc) is 3.80. The Morgan fingerprint density at radius 1 is 0.375 bits per heavy atom. The number of fused-ring (bicyclic) bond motifs is 9. The van der Waals surface area contributed by atoms with Crippen molar-refractivity contribution >= 4 is 64.1 Å². The molecule has 0 saturated carbocycles. The van der Waals surface area contributed by atoms with Gasteiger partial charge in [-0.1, -0.05) is 197 Å². The lowest BCUT2D eigenvalue weighted by molar-refractivity contribution is 0.571. The molecule has 0 unspecified atom stereocenters. The van der Waals surface area contributed by atoms with Crippen molar-refractivity contribution in [2.24, 2.45) is 0 Å². The topological polar surface area (TPSA) is 4.93 Å². The molecule has 56 heavy (non-hydrogen) atoms. The first-order valence-corrected chi connectivity index (χ1v) is 21.2. The summed E-state index contributed by atoms with van der Waals surface area (Å²) in [6.45, 7) is 3.33. The van der Waals surface area contributed by atoms with E-state index in [4.69, 9.17) is 0 Å². The lowest BCUT2D eigenvalue weighted by atomic mass is 9.98. The minimum Gasteiger partial charge on any atom is -0.340 e. The number of aromatic nitrogens is 1.